The Labute approximate surface area is 156 Å². The third-order valence-corrected chi connectivity index (χ3v) is 4.14. The average Bonchev–Trinajstić information content (AvgIpc) is 3.00. The number of rotatable bonds is 5. The Kier molecular flexibility index (Phi) is 5.12. The SMILES string of the molecule is Cc1ccc(C)n1-c1ccc(C(=O)N/N=C/c2ccc([N+](=O)[O-])cc2)cc1. The van der Waals surface area contributed by atoms with Crippen molar-refractivity contribution in [3.63, 3.8) is 0 Å². The van der Waals surface area contributed by atoms with Gasteiger partial charge in [-0.2, -0.15) is 5.10 Å². The van der Waals surface area contributed by atoms with Crippen molar-refractivity contribution in [2.24, 2.45) is 5.10 Å². The number of nitro benzene ring substituents is 1. The second-order valence-electron chi connectivity index (χ2n) is 6.05. The van der Waals surface area contributed by atoms with Crippen molar-refractivity contribution in [3.8, 4) is 5.69 Å². The lowest BCUT2D eigenvalue weighted by molar-refractivity contribution is -0.384. The minimum atomic E-state index is -0.469. The predicted octanol–water partition coefficient (Wildman–Crippen LogP) is 3.77. The van der Waals surface area contributed by atoms with Gasteiger partial charge in [0.25, 0.3) is 11.6 Å². The van der Waals surface area contributed by atoms with Crippen LogP contribution in [0.2, 0.25) is 0 Å². The van der Waals surface area contributed by atoms with Gasteiger partial charge in [-0.05, 0) is 67.9 Å². The van der Waals surface area contributed by atoms with Gasteiger partial charge in [-0.15, -0.1) is 0 Å². The Bertz CT molecular complexity index is 983. The van der Waals surface area contributed by atoms with E-state index in [1.807, 2.05) is 38.1 Å². The van der Waals surface area contributed by atoms with Crippen LogP contribution < -0.4 is 5.43 Å². The van der Waals surface area contributed by atoms with Crippen molar-refractivity contribution < 1.29 is 9.72 Å². The molecule has 0 saturated carbocycles. The fourth-order valence-corrected chi connectivity index (χ4v) is 2.75. The van der Waals surface area contributed by atoms with E-state index in [4.69, 9.17) is 0 Å². The molecule has 27 heavy (non-hydrogen) atoms. The summed E-state index contributed by atoms with van der Waals surface area (Å²) in [5.74, 6) is -0.333. The van der Waals surface area contributed by atoms with Crippen LogP contribution in [-0.4, -0.2) is 21.6 Å². The normalized spacial score (nSPS) is 10.9. The summed E-state index contributed by atoms with van der Waals surface area (Å²) in [6, 6.07) is 17.2. The number of amides is 1. The van der Waals surface area contributed by atoms with Crippen LogP contribution in [0.3, 0.4) is 0 Å². The number of carbonyl (C=O) groups is 1. The number of hydrazone groups is 1. The van der Waals surface area contributed by atoms with E-state index in [-0.39, 0.29) is 11.6 Å². The van der Waals surface area contributed by atoms with Crippen molar-refractivity contribution in [2.45, 2.75) is 13.8 Å². The molecule has 0 aliphatic carbocycles. The molecule has 0 saturated heterocycles. The zero-order valence-corrected chi connectivity index (χ0v) is 14.9. The van der Waals surface area contributed by atoms with Crippen molar-refractivity contribution in [3.05, 3.63) is 93.3 Å². The minimum Gasteiger partial charge on any atom is -0.319 e. The maximum absolute atomic E-state index is 12.2. The molecule has 3 rings (SSSR count). The number of nitrogens with zero attached hydrogens (tertiary/aromatic N) is 3. The van der Waals surface area contributed by atoms with Crippen LogP contribution in [0, 0.1) is 24.0 Å². The van der Waals surface area contributed by atoms with Crippen LogP contribution in [-0.2, 0) is 0 Å². The third-order valence-electron chi connectivity index (χ3n) is 4.14. The zero-order valence-electron chi connectivity index (χ0n) is 14.9. The van der Waals surface area contributed by atoms with Crippen LogP contribution in [0.5, 0.6) is 0 Å². The first-order valence-electron chi connectivity index (χ1n) is 8.29. The number of nitrogens with one attached hydrogen (secondary N) is 1. The number of hydrogen-bond acceptors (Lipinski definition) is 4. The summed E-state index contributed by atoms with van der Waals surface area (Å²) in [5.41, 5.74) is 6.82. The molecule has 2 aromatic carbocycles. The molecule has 7 nitrogen and oxygen atoms in total. The van der Waals surface area contributed by atoms with E-state index in [1.54, 1.807) is 24.3 Å². The molecular weight excluding hydrogens is 344 g/mol. The molecular formula is C20H18N4O3. The lowest BCUT2D eigenvalue weighted by Gasteiger charge is -2.10. The highest BCUT2D eigenvalue weighted by atomic mass is 16.6. The highest BCUT2D eigenvalue weighted by molar-refractivity contribution is 5.95. The Morgan fingerprint density at radius 3 is 2.15 bits per heavy atom. The summed E-state index contributed by atoms with van der Waals surface area (Å²) < 4.78 is 2.11. The van der Waals surface area contributed by atoms with E-state index in [2.05, 4.69) is 15.1 Å². The van der Waals surface area contributed by atoms with Crippen LogP contribution in [0.4, 0.5) is 5.69 Å². The van der Waals surface area contributed by atoms with Gasteiger partial charge in [-0.3, -0.25) is 14.9 Å². The van der Waals surface area contributed by atoms with Gasteiger partial charge in [-0.1, -0.05) is 0 Å². The van der Waals surface area contributed by atoms with E-state index in [0.29, 0.717) is 11.1 Å². The Morgan fingerprint density at radius 1 is 1.00 bits per heavy atom. The summed E-state index contributed by atoms with van der Waals surface area (Å²) in [6.07, 6.45) is 1.43. The van der Waals surface area contributed by atoms with E-state index in [0.717, 1.165) is 17.1 Å². The highest BCUT2D eigenvalue weighted by Crippen LogP contribution is 2.17. The van der Waals surface area contributed by atoms with Crippen molar-refractivity contribution in [1.29, 1.82) is 0 Å². The number of nitro groups is 1. The molecule has 0 bridgehead atoms. The predicted molar refractivity (Wildman–Crippen MR) is 103 cm³/mol. The molecule has 7 heteroatoms. The van der Waals surface area contributed by atoms with Crippen LogP contribution >= 0.6 is 0 Å². The fourth-order valence-electron chi connectivity index (χ4n) is 2.75. The molecule has 0 aliphatic rings. The summed E-state index contributed by atoms with van der Waals surface area (Å²) in [7, 11) is 0. The minimum absolute atomic E-state index is 0.00411. The lowest BCUT2D eigenvalue weighted by atomic mass is 10.2. The molecule has 1 amide bonds. The molecule has 0 fully saturated rings. The zero-order chi connectivity index (χ0) is 19.4. The molecule has 0 spiro atoms. The van der Waals surface area contributed by atoms with Gasteiger partial charge in [0.15, 0.2) is 0 Å². The fraction of sp³-hybridized carbons (Fsp3) is 0.100. The molecule has 0 unspecified atom stereocenters. The van der Waals surface area contributed by atoms with Gasteiger partial charge < -0.3 is 4.57 Å². The largest absolute Gasteiger partial charge is 0.319 e. The molecule has 136 valence electrons. The third kappa shape index (κ3) is 4.09. The Hall–Kier alpha value is -3.74. The average molecular weight is 362 g/mol. The van der Waals surface area contributed by atoms with Gasteiger partial charge in [0.05, 0.1) is 11.1 Å². The number of hydrogen-bond donors (Lipinski definition) is 1. The molecule has 3 aromatic rings. The number of aromatic nitrogens is 1. The maximum atomic E-state index is 12.2. The molecule has 1 N–H and O–H groups in total. The monoisotopic (exact) mass is 362 g/mol. The van der Waals surface area contributed by atoms with E-state index >= 15 is 0 Å². The summed E-state index contributed by atoms with van der Waals surface area (Å²) in [6.45, 7) is 4.06. The van der Waals surface area contributed by atoms with Crippen molar-refractivity contribution >= 4 is 17.8 Å². The second kappa shape index (κ2) is 7.65. The first-order chi connectivity index (χ1) is 13.0. The Morgan fingerprint density at radius 2 is 1.59 bits per heavy atom. The molecule has 1 heterocycles. The number of benzene rings is 2. The van der Waals surface area contributed by atoms with Crippen LogP contribution in [0.15, 0.2) is 65.8 Å². The van der Waals surface area contributed by atoms with Gasteiger partial charge in [0.2, 0.25) is 0 Å². The number of aryl methyl sites for hydroxylation is 2. The van der Waals surface area contributed by atoms with Crippen molar-refractivity contribution in [2.75, 3.05) is 0 Å². The second-order valence-corrected chi connectivity index (χ2v) is 6.05. The Balaban J connectivity index is 1.65. The summed E-state index contributed by atoms with van der Waals surface area (Å²) in [5, 5.41) is 14.5. The van der Waals surface area contributed by atoms with E-state index in [9.17, 15) is 14.9 Å². The van der Waals surface area contributed by atoms with Crippen LogP contribution in [0.1, 0.15) is 27.3 Å². The number of carbonyl (C=O) groups excluding carboxylic acids is 1. The standard InChI is InChI=1S/C20H18N4O3/c1-14-3-4-15(2)23(14)18-11-7-17(8-12-18)20(25)22-21-13-16-5-9-19(10-6-16)24(26)27/h3-13H,1-2H3,(H,22,25)/b21-13+. The smallest absolute Gasteiger partial charge is 0.271 e. The van der Waals surface area contributed by atoms with Gasteiger partial charge in [0, 0.05) is 34.8 Å². The molecule has 0 aliphatic heterocycles. The van der Waals surface area contributed by atoms with E-state index < -0.39 is 4.92 Å². The summed E-state index contributed by atoms with van der Waals surface area (Å²) >= 11 is 0. The summed E-state index contributed by atoms with van der Waals surface area (Å²) in [4.78, 5) is 22.3. The first-order valence-corrected chi connectivity index (χ1v) is 8.29. The number of non-ortho nitro benzene ring substituents is 1. The van der Waals surface area contributed by atoms with Gasteiger partial charge in [0.1, 0.15) is 0 Å². The van der Waals surface area contributed by atoms with Gasteiger partial charge in [-0.25, -0.2) is 5.43 Å². The first kappa shape index (κ1) is 18.1. The van der Waals surface area contributed by atoms with Gasteiger partial charge >= 0.3 is 0 Å². The lowest BCUT2D eigenvalue weighted by Crippen LogP contribution is -2.17. The van der Waals surface area contributed by atoms with Crippen molar-refractivity contribution in [1.82, 2.24) is 9.99 Å². The maximum Gasteiger partial charge on any atom is 0.271 e. The molecule has 1 aromatic heterocycles. The highest BCUT2D eigenvalue weighted by Gasteiger charge is 2.07. The quantitative estimate of drug-likeness (QED) is 0.426. The molecule has 0 atom stereocenters. The van der Waals surface area contributed by atoms with E-state index in [1.165, 1.54) is 18.3 Å². The topological polar surface area (TPSA) is 89.5 Å². The molecule has 0 radical (unpaired) electrons. The van der Waals surface area contributed by atoms with Crippen LogP contribution in [0.25, 0.3) is 5.69 Å².